The van der Waals surface area contributed by atoms with Crippen LogP contribution in [0, 0.1) is 6.92 Å². The number of benzene rings is 1. The maximum Gasteiger partial charge on any atom is 0.337 e. The second kappa shape index (κ2) is 4.00. The molecule has 1 aromatic carbocycles. The number of carboxylic acid groups (broad SMARTS) is 1. The first-order chi connectivity index (χ1) is 6.57. The number of anilines is 1. The lowest BCUT2D eigenvalue weighted by atomic mass is 10.1. The Bertz CT molecular complexity index is 361. The first-order valence-electron chi connectivity index (χ1n) is 4.33. The summed E-state index contributed by atoms with van der Waals surface area (Å²) >= 11 is 0. The lowest BCUT2D eigenvalue weighted by Gasteiger charge is -2.10. The average Bonchev–Trinajstić information content (AvgIpc) is 2.13. The van der Waals surface area contributed by atoms with Gasteiger partial charge in [-0.25, -0.2) is 4.79 Å². The summed E-state index contributed by atoms with van der Waals surface area (Å²) in [5.74, 6) is -0.386. The maximum absolute atomic E-state index is 10.7. The molecule has 0 unspecified atom stereocenters. The summed E-state index contributed by atoms with van der Waals surface area (Å²) in [6.45, 7) is 4.14. The van der Waals surface area contributed by atoms with Gasteiger partial charge < -0.3 is 15.6 Å². The number of nitrogens with two attached hydrogens (primary N) is 1. The number of carbonyl (C=O) groups is 1. The third kappa shape index (κ3) is 1.79. The molecule has 0 bridgehead atoms. The Labute approximate surface area is 82.3 Å². The fraction of sp³-hybridized carbons (Fsp3) is 0.300. The topological polar surface area (TPSA) is 72.5 Å². The molecule has 1 rings (SSSR count). The Balaban J connectivity index is 3.19. The molecule has 0 spiro atoms. The summed E-state index contributed by atoms with van der Waals surface area (Å²) in [6.07, 6.45) is 0. The second-order valence-electron chi connectivity index (χ2n) is 2.89. The van der Waals surface area contributed by atoms with Gasteiger partial charge in [0.1, 0.15) is 5.75 Å². The van der Waals surface area contributed by atoms with Gasteiger partial charge in [0.15, 0.2) is 0 Å². The smallest absolute Gasteiger partial charge is 0.337 e. The highest BCUT2D eigenvalue weighted by Crippen LogP contribution is 2.26. The molecule has 4 heteroatoms. The van der Waals surface area contributed by atoms with E-state index in [1.54, 1.807) is 13.0 Å². The molecule has 0 heterocycles. The van der Waals surface area contributed by atoms with Crippen molar-refractivity contribution in [3.63, 3.8) is 0 Å². The van der Waals surface area contributed by atoms with E-state index in [1.165, 1.54) is 6.07 Å². The molecule has 14 heavy (non-hydrogen) atoms. The van der Waals surface area contributed by atoms with Crippen LogP contribution in [0.5, 0.6) is 5.75 Å². The van der Waals surface area contributed by atoms with E-state index in [2.05, 4.69) is 0 Å². The molecule has 0 fully saturated rings. The van der Waals surface area contributed by atoms with Crippen LogP contribution >= 0.6 is 0 Å². The number of hydrogen-bond acceptors (Lipinski definition) is 3. The van der Waals surface area contributed by atoms with Gasteiger partial charge in [0.25, 0.3) is 0 Å². The Hall–Kier alpha value is -1.71. The number of nitrogen functional groups attached to an aromatic ring is 1. The Morgan fingerprint density at radius 3 is 2.71 bits per heavy atom. The minimum Gasteiger partial charge on any atom is -0.494 e. The van der Waals surface area contributed by atoms with Gasteiger partial charge in [-0.3, -0.25) is 0 Å². The van der Waals surface area contributed by atoms with Gasteiger partial charge >= 0.3 is 5.97 Å². The van der Waals surface area contributed by atoms with Crippen LogP contribution in [0.2, 0.25) is 0 Å². The van der Waals surface area contributed by atoms with Crippen molar-refractivity contribution in [2.24, 2.45) is 0 Å². The predicted octanol–water partition coefficient (Wildman–Crippen LogP) is 1.67. The molecular weight excluding hydrogens is 182 g/mol. The highest BCUT2D eigenvalue weighted by atomic mass is 16.5. The summed E-state index contributed by atoms with van der Waals surface area (Å²) in [6, 6.07) is 3.08. The normalized spacial score (nSPS) is 9.86. The van der Waals surface area contributed by atoms with Crippen molar-refractivity contribution in [2.45, 2.75) is 13.8 Å². The van der Waals surface area contributed by atoms with Crippen LogP contribution in [0.4, 0.5) is 5.69 Å². The second-order valence-corrected chi connectivity index (χ2v) is 2.89. The first-order valence-corrected chi connectivity index (χ1v) is 4.33. The molecule has 0 aliphatic rings. The third-order valence-electron chi connectivity index (χ3n) is 2.00. The Morgan fingerprint density at radius 2 is 2.21 bits per heavy atom. The standard InChI is InChI=1S/C10H13NO3/c1-3-14-8-5-4-7(10(12)13)9(11)6(8)2/h4-5H,3,11H2,1-2H3,(H,12,13). The van der Waals surface area contributed by atoms with Gasteiger partial charge in [0.2, 0.25) is 0 Å². The SMILES string of the molecule is CCOc1ccc(C(=O)O)c(N)c1C. The van der Waals surface area contributed by atoms with Crippen molar-refractivity contribution in [3.05, 3.63) is 23.3 Å². The molecule has 3 N–H and O–H groups in total. The molecule has 0 atom stereocenters. The summed E-state index contributed by atoms with van der Waals surface area (Å²) < 4.78 is 5.28. The largest absolute Gasteiger partial charge is 0.494 e. The van der Waals surface area contributed by atoms with E-state index >= 15 is 0 Å². The van der Waals surface area contributed by atoms with Gasteiger partial charge in [-0.15, -0.1) is 0 Å². The van der Waals surface area contributed by atoms with E-state index in [4.69, 9.17) is 15.6 Å². The van der Waals surface area contributed by atoms with Crippen molar-refractivity contribution >= 4 is 11.7 Å². The van der Waals surface area contributed by atoms with Crippen molar-refractivity contribution < 1.29 is 14.6 Å². The molecule has 0 radical (unpaired) electrons. The quantitative estimate of drug-likeness (QED) is 0.719. The molecule has 0 aliphatic heterocycles. The van der Waals surface area contributed by atoms with Crippen LogP contribution in [-0.4, -0.2) is 17.7 Å². The lowest BCUT2D eigenvalue weighted by molar-refractivity contribution is 0.0698. The zero-order valence-electron chi connectivity index (χ0n) is 8.20. The number of carboxylic acids is 1. The van der Waals surface area contributed by atoms with Crippen molar-refractivity contribution in [1.29, 1.82) is 0 Å². The van der Waals surface area contributed by atoms with Crippen LogP contribution in [0.15, 0.2) is 12.1 Å². The monoisotopic (exact) mass is 195 g/mol. The van der Waals surface area contributed by atoms with Crippen LogP contribution in [0.1, 0.15) is 22.8 Å². The molecule has 1 aromatic rings. The minimum atomic E-state index is -1.02. The van der Waals surface area contributed by atoms with Crippen molar-refractivity contribution in [3.8, 4) is 5.75 Å². The lowest BCUT2D eigenvalue weighted by Crippen LogP contribution is -2.05. The molecule has 4 nitrogen and oxygen atoms in total. The fourth-order valence-corrected chi connectivity index (χ4v) is 1.21. The van der Waals surface area contributed by atoms with Gasteiger partial charge in [-0.1, -0.05) is 0 Å². The zero-order valence-corrected chi connectivity index (χ0v) is 8.20. The summed E-state index contributed by atoms with van der Waals surface area (Å²) in [5.41, 5.74) is 6.71. The summed E-state index contributed by atoms with van der Waals surface area (Å²) in [7, 11) is 0. The van der Waals surface area contributed by atoms with Gasteiger partial charge in [-0.05, 0) is 26.0 Å². The average molecular weight is 195 g/mol. The number of rotatable bonds is 3. The van der Waals surface area contributed by atoms with E-state index < -0.39 is 5.97 Å². The minimum absolute atomic E-state index is 0.117. The Morgan fingerprint density at radius 1 is 1.57 bits per heavy atom. The summed E-state index contributed by atoms with van der Waals surface area (Å²) in [4.78, 5) is 10.7. The van der Waals surface area contributed by atoms with E-state index in [-0.39, 0.29) is 11.3 Å². The molecule has 0 saturated carbocycles. The number of hydrogen-bond donors (Lipinski definition) is 2. The zero-order chi connectivity index (χ0) is 10.7. The van der Waals surface area contributed by atoms with Gasteiger partial charge in [0, 0.05) is 5.56 Å². The van der Waals surface area contributed by atoms with Gasteiger partial charge in [-0.2, -0.15) is 0 Å². The molecule has 0 aliphatic carbocycles. The van der Waals surface area contributed by atoms with Crippen molar-refractivity contribution in [2.75, 3.05) is 12.3 Å². The highest BCUT2D eigenvalue weighted by molar-refractivity contribution is 5.94. The van der Waals surface area contributed by atoms with E-state index in [9.17, 15) is 4.79 Å². The number of aromatic carboxylic acids is 1. The predicted molar refractivity (Wildman–Crippen MR) is 53.7 cm³/mol. The van der Waals surface area contributed by atoms with Crippen LogP contribution < -0.4 is 10.5 Å². The van der Waals surface area contributed by atoms with Crippen LogP contribution in [-0.2, 0) is 0 Å². The first kappa shape index (κ1) is 10.4. The van der Waals surface area contributed by atoms with Crippen molar-refractivity contribution in [1.82, 2.24) is 0 Å². The van der Waals surface area contributed by atoms with Crippen LogP contribution in [0.25, 0.3) is 0 Å². The number of ether oxygens (including phenoxy) is 1. The summed E-state index contributed by atoms with van der Waals surface area (Å²) in [5, 5.41) is 8.79. The molecule has 0 amide bonds. The molecule has 0 aromatic heterocycles. The fourth-order valence-electron chi connectivity index (χ4n) is 1.21. The van der Waals surface area contributed by atoms with E-state index in [0.29, 0.717) is 17.9 Å². The van der Waals surface area contributed by atoms with Crippen LogP contribution in [0.3, 0.4) is 0 Å². The third-order valence-corrected chi connectivity index (χ3v) is 2.00. The highest BCUT2D eigenvalue weighted by Gasteiger charge is 2.12. The van der Waals surface area contributed by atoms with E-state index in [0.717, 1.165) is 0 Å². The molecular formula is C10H13NO3. The maximum atomic E-state index is 10.7. The molecule has 76 valence electrons. The Kier molecular flexibility index (Phi) is 2.96. The van der Waals surface area contributed by atoms with Gasteiger partial charge in [0.05, 0.1) is 17.9 Å². The molecule has 0 saturated heterocycles. The van der Waals surface area contributed by atoms with E-state index in [1.807, 2.05) is 6.92 Å².